The molecule has 0 bridgehead atoms. The van der Waals surface area contributed by atoms with Crippen molar-refractivity contribution in [2.24, 2.45) is 0 Å². The topological polar surface area (TPSA) is 112 Å². The predicted molar refractivity (Wildman–Crippen MR) is 169 cm³/mol. The normalized spacial score (nSPS) is 11.1. The lowest BCUT2D eigenvalue weighted by Gasteiger charge is -2.15. The summed E-state index contributed by atoms with van der Waals surface area (Å²) in [6, 6.07) is 33.5. The molecule has 0 saturated carbocycles. The summed E-state index contributed by atoms with van der Waals surface area (Å²) in [6.07, 6.45) is 0.736. The van der Waals surface area contributed by atoms with Crippen molar-refractivity contribution < 1.29 is 22.6 Å². The summed E-state index contributed by atoms with van der Waals surface area (Å²) < 4.78 is 32.9. The lowest BCUT2D eigenvalue weighted by molar-refractivity contribution is 0.102. The molecule has 0 aromatic heterocycles. The number of benzene rings is 5. The van der Waals surface area contributed by atoms with Crippen LogP contribution in [-0.2, 0) is 23.0 Å². The Morgan fingerprint density at radius 2 is 1.32 bits per heavy atom. The monoisotopic (exact) mass is 599 g/mol. The molecule has 6 nitrogen and oxygen atoms in total. The number of hydrogen-bond acceptors (Lipinski definition) is 5. The highest BCUT2D eigenvalue weighted by Gasteiger charge is 2.20. The largest absolute Gasteiger partial charge is 0.294 e. The van der Waals surface area contributed by atoms with Crippen molar-refractivity contribution in [3.8, 4) is 6.07 Å². The van der Waals surface area contributed by atoms with E-state index in [1.54, 1.807) is 18.2 Å². The average molecular weight is 600 g/mol. The molecule has 0 amide bonds. The summed E-state index contributed by atoms with van der Waals surface area (Å²) in [7, 11) is -4.48. The molecule has 0 fully saturated rings. The van der Waals surface area contributed by atoms with Gasteiger partial charge in [0.25, 0.3) is 10.1 Å². The first-order valence-corrected chi connectivity index (χ1v) is 15.4. The molecular formula is C37H29NO5S. The molecule has 5 rings (SSSR count). The molecule has 5 aromatic rings. The minimum absolute atomic E-state index is 0.133. The molecule has 1 N–H and O–H groups in total. The molecule has 0 saturated heterocycles. The molecule has 0 aliphatic rings. The van der Waals surface area contributed by atoms with Gasteiger partial charge in [0.2, 0.25) is 0 Å². The maximum absolute atomic E-state index is 13.8. The number of carbonyl (C=O) groups excluding carboxylic acids is 2. The minimum atomic E-state index is -4.48. The molecule has 7 heteroatoms. The first-order chi connectivity index (χ1) is 21.0. The zero-order valence-electron chi connectivity index (χ0n) is 24.2. The van der Waals surface area contributed by atoms with Gasteiger partial charge in [-0.25, -0.2) is 0 Å². The highest BCUT2D eigenvalue weighted by molar-refractivity contribution is 7.85. The van der Waals surface area contributed by atoms with E-state index < -0.39 is 10.1 Å². The number of rotatable bonds is 9. The number of hydrogen-bond donors (Lipinski definition) is 1. The van der Waals surface area contributed by atoms with Crippen LogP contribution >= 0.6 is 0 Å². The number of ketones is 2. The highest BCUT2D eigenvalue weighted by Crippen LogP contribution is 2.26. The van der Waals surface area contributed by atoms with Crippen LogP contribution in [0.25, 0.3) is 0 Å². The van der Waals surface area contributed by atoms with Crippen LogP contribution in [0.15, 0.2) is 114 Å². The van der Waals surface area contributed by atoms with E-state index in [-0.39, 0.29) is 22.0 Å². The standard InChI is InChI=1S/C37H29NO5S/c1-24-14-16-29(33(18-24)37(40)31-12-7-13-32(22-31)44(41,42)43)19-26-15-17-30(21-28-11-6-8-25(2)35(28)23-38)34(20-26)36(39)27-9-4-3-5-10-27/h3-18,20,22H,19,21H2,1-2H3,(H,41,42,43). The van der Waals surface area contributed by atoms with Gasteiger partial charge in [0, 0.05) is 22.3 Å². The number of nitriles is 1. The molecule has 5 aromatic carbocycles. The Kier molecular flexibility index (Phi) is 8.68. The lowest BCUT2D eigenvalue weighted by Crippen LogP contribution is -2.10. The van der Waals surface area contributed by atoms with Gasteiger partial charge in [0.1, 0.15) is 0 Å². The second kappa shape index (κ2) is 12.6. The molecule has 0 aliphatic carbocycles. The Bertz CT molecular complexity index is 2060. The fourth-order valence-corrected chi connectivity index (χ4v) is 5.84. The van der Waals surface area contributed by atoms with Crippen molar-refractivity contribution in [3.63, 3.8) is 0 Å². The third kappa shape index (κ3) is 6.57. The summed E-state index contributed by atoms with van der Waals surface area (Å²) in [5.74, 6) is -0.522. The summed E-state index contributed by atoms with van der Waals surface area (Å²) in [4.78, 5) is 27.1. The summed E-state index contributed by atoms with van der Waals surface area (Å²) in [5.41, 5.74) is 7.03. The first kappa shape index (κ1) is 30.3. The Morgan fingerprint density at radius 3 is 2.05 bits per heavy atom. The van der Waals surface area contributed by atoms with Gasteiger partial charge >= 0.3 is 0 Å². The second-order valence-electron chi connectivity index (χ2n) is 10.8. The van der Waals surface area contributed by atoms with Crippen molar-refractivity contribution in [3.05, 3.63) is 170 Å². The van der Waals surface area contributed by atoms with Gasteiger partial charge < -0.3 is 0 Å². The molecule has 0 unspecified atom stereocenters. The molecule has 0 heterocycles. The fraction of sp³-hybridized carbons (Fsp3) is 0.108. The van der Waals surface area contributed by atoms with Gasteiger partial charge in [-0.2, -0.15) is 13.7 Å². The van der Waals surface area contributed by atoms with Crippen LogP contribution in [0.3, 0.4) is 0 Å². The van der Waals surface area contributed by atoms with E-state index in [1.165, 1.54) is 18.2 Å². The predicted octanol–water partition coefficient (Wildman–Crippen LogP) is 7.07. The maximum atomic E-state index is 13.8. The Labute approximate surface area is 257 Å². The molecule has 0 radical (unpaired) electrons. The van der Waals surface area contributed by atoms with Crippen LogP contribution in [0.5, 0.6) is 0 Å². The zero-order chi connectivity index (χ0) is 31.4. The number of nitrogens with zero attached hydrogens (tertiary/aromatic N) is 1. The van der Waals surface area contributed by atoms with Gasteiger partial charge in [-0.1, -0.05) is 90.5 Å². The third-order valence-corrected chi connectivity index (χ3v) is 8.45. The van der Waals surface area contributed by atoms with Gasteiger partial charge in [0.15, 0.2) is 11.6 Å². The molecule has 0 atom stereocenters. The first-order valence-electron chi connectivity index (χ1n) is 14.0. The van der Waals surface area contributed by atoms with E-state index in [9.17, 15) is 27.8 Å². The van der Waals surface area contributed by atoms with Gasteiger partial charge in [-0.05, 0) is 78.8 Å². The third-order valence-electron chi connectivity index (χ3n) is 7.61. The van der Waals surface area contributed by atoms with Crippen molar-refractivity contribution in [1.29, 1.82) is 5.26 Å². The summed E-state index contributed by atoms with van der Waals surface area (Å²) in [5, 5.41) is 9.78. The van der Waals surface area contributed by atoms with Crippen molar-refractivity contribution >= 4 is 21.7 Å². The smallest absolute Gasteiger partial charge is 0.289 e. The molecule has 44 heavy (non-hydrogen) atoms. The van der Waals surface area contributed by atoms with E-state index in [0.29, 0.717) is 40.7 Å². The van der Waals surface area contributed by atoms with E-state index in [4.69, 9.17) is 0 Å². The number of aryl methyl sites for hydroxylation is 2. The molecule has 0 aliphatic heterocycles. The Hall–Kier alpha value is -5.16. The summed E-state index contributed by atoms with van der Waals surface area (Å²) in [6.45, 7) is 3.75. The minimum Gasteiger partial charge on any atom is -0.289 e. The Morgan fingerprint density at radius 1 is 0.682 bits per heavy atom. The fourth-order valence-electron chi connectivity index (χ4n) is 5.31. The lowest BCUT2D eigenvalue weighted by atomic mass is 9.88. The number of carbonyl (C=O) groups is 2. The van der Waals surface area contributed by atoms with E-state index in [2.05, 4.69) is 6.07 Å². The van der Waals surface area contributed by atoms with Gasteiger partial charge in [-0.15, -0.1) is 0 Å². The highest BCUT2D eigenvalue weighted by atomic mass is 32.2. The van der Waals surface area contributed by atoms with Crippen molar-refractivity contribution in [1.82, 2.24) is 0 Å². The van der Waals surface area contributed by atoms with E-state index in [1.807, 2.05) is 80.6 Å². The van der Waals surface area contributed by atoms with Crippen LogP contribution in [0.1, 0.15) is 70.8 Å². The average Bonchev–Trinajstić information content (AvgIpc) is 3.02. The maximum Gasteiger partial charge on any atom is 0.294 e. The van der Waals surface area contributed by atoms with Crippen molar-refractivity contribution in [2.45, 2.75) is 31.6 Å². The SMILES string of the molecule is Cc1ccc(Cc2ccc(Cc3cccc(C)c3C#N)c(C(=O)c3ccccc3)c2)c(C(=O)c2cccc(S(=O)(=O)O)c2)c1. The molecule has 0 spiro atoms. The van der Waals surface area contributed by atoms with Crippen LogP contribution in [0.4, 0.5) is 0 Å². The van der Waals surface area contributed by atoms with E-state index >= 15 is 0 Å². The quantitative estimate of drug-likeness (QED) is 0.143. The van der Waals surface area contributed by atoms with Gasteiger partial charge in [0.05, 0.1) is 16.5 Å². The van der Waals surface area contributed by atoms with Crippen LogP contribution in [-0.4, -0.2) is 24.5 Å². The van der Waals surface area contributed by atoms with E-state index in [0.717, 1.165) is 33.9 Å². The zero-order valence-corrected chi connectivity index (χ0v) is 25.1. The summed E-state index contributed by atoms with van der Waals surface area (Å²) >= 11 is 0. The van der Waals surface area contributed by atoms with Gasteiger partial charge in [-0.3, -0.25) is 14.1 Å². The van der Waals surface area contributed by atoms with Crippen LogP contribution in [0, 0.1) is 25.2 Å². The second-order valence-corrected chi connectivity index (χ2v) is 12.2. The van der Waals surface area contributed by atoms with Crippen LogP contribution in [0.2, 0.25) is 0 Å². The molecule has 218 valence electrons. The Balaban J connectivity index is 1.56. The van der Waals surface area contributed by atoms with Crippen molar-refractivity contribution in [2.75, 3.05) is 0 Å². The van der Waals surface area contributed by atoms with Crippen LogP contribution < -0.4 is 0 Å². The molecular weight excluding hydrogens is 570 g/mol.